The summed E-state index contributed by atoms with van der Waals surface area (Å²) in [5.74, 6) is -0.759. The molecule has 5 rings (SSSR count). The van der Waals surface area contributed by atoms with Crippen molar-refractivity contribution < 1.29 is 19.1 Å². The van der Waals surface area contributed by atoms with Gasteiger partial charge in [0, 0.05) is 37.8 Å². The highest BCUT2D eigenvalue weighted by molar-refractivity contribution is 6.10. The molecule has 1 spiro atoms. The van der Waals surface area contributed by atoms with Crippen molar-refractivity contribution in [2.75, 3.05) is 23.8 Å². The molecule has 9 nitrogen and oxygen atoms in total. The molecule has 1 aromatic carbocycles. The Kier molecular flexibility index (Phi) is 6.20. The van der Waals surface area contributed by atoms with E-state index in [4.69, 9.17) is 4.74 Å². The number of fused-ring (bicyclic) bond motifs is 2. The lowest BCUT2D eigenvalue weighted by Crippen LogP contribution is -2.39. The summed E-state index contributed by atoms with van der Waals surface area (Å²) in [6.45, 7) is 5.55. The Morgan fingerprint density at radius 2 is 1.81 bits per heavy atom. The first-order valence-corrected chi connectivity index (χ1v) is 12.6. The van der Waals surface area contributed by atoms with E-state index in [1.807, 2.05) is 12.1 Å². The molecule has 1 saturated heterocycles. The molecule has 0 radical (unpaired) electrons. The topological polar surface area (TPSA) is 114 Å². The van der Waals surface area contributed by atoms with Crippen LogP contribution in [-0.4, -0.2) is 40.7 Å². The van der Waals surface area contributed by atoms with Crippen molar-refractivity contribution in [3.05, 3.63) is 53.0 Å². The second-order valence-electron chi connectivity index (χ2n) is 10.8. The fourth-order valence-electron chi connectivity index (χ4n) is 5.48. The Bertz CT molecular complexity index is 1240. The summed E-state index contributed by atoms with van der Waals surface area (Å²) in [6.07, 6.45) is 6.20. The highest BCUT2D eigenvalue weighted by atomic mass is 16.5. The monoisotopic (exact) mass is 491 g/mol. The maximum atomic E-state index is 13.5. The molecular weight excluding hydrogens is 458 g/mol. The van der Waals surface area contributed by atoms with Crippen molar-refractivity contribution in [1.29, 1.82) is 0 Å². The van der Waals surface area contributed by atoms with Gasteiger partial charge in [0.15, 0.2) is 0 Å². The molecule has 1 aromatic heterocycles. The van der Waals surface area contributed by atoms with Gasteiger partial charge in [0.25, 0.3) is 11.8 Å². The molecule has 0 atom stereocenters. The van der Waals surface area contributed by atoms with Crippen LogP contribution >= 0.6 is 0 Å². The fourth-order valence-corrected chi connectivity index (χ4v) is 5.48. The van der Waals surface area contributed by atoms with Gasteiger partial charge in [-0.2, -0.15) is 5.10 Å². The number of hydrogen-bond acceptors (Lipinski definition) is 5. The van der Waals surface area contributed by atoms with Crippen LogP contribution in [0.3, 0.4) is 0 Å². The summed E-state index contributed by atoms with van der Waals surface area (Å²) in [6, 6.07) is 7.15. The van der Waals surface area contributed by atoms with Crippen LogP contribution in [0.5, 0.6) is 0 Å². The van der Waals surface area contributed by atoms with Gasteiger partial charge < -0.3 is 20.7 Å². The van der Waals surface area contributed by atoms with E-state index >= 15 is 0 Å². The number of ether oxygens (including phenoxy) is 1. The molecule has 1 aliphatic carbocycles. The zero-order valence-corrected chi connectivity index (χ0v) is 21.1. The van der Waals surface area contributed by atoms with Crippen LogP contribution in [0.2, 0.25) is 0 Å². The minimum Gasteiger partial charge on any atom is -0.381 e. The SMILES string of the molecule is Cn1nccc1C(=O)NC(C(=O)Nc1ccc2c(c1)NC(=O)C21CCOCC1)=C1CCC(C)(C)CC1. The molecule has 2 fully saturated rings. The Labute approximate surface area is 210 Å². The standard InChI is InChI=1S/C27H33N5O4/c1-26(2)9-6-17(7-10-26)22(31-23(33)21-8-13-28-32(21)3)24(34)29-18-4-5-19-20(16-18)30-25(35)27(19)11-14-36-15-12-27/h4-5,8,13,16H,6-7,9-12,14-15H2,1-3H3,(H,29,34)(H,30,35)(H,31,33). The third kappa shape index (κ3) is 4.43. The van der Waals surface area contributed by atoms with E-state index in [0.717, 1.165) is 36.8 Å². The Balaban J connectivity index is 1.40. The molecule has 9 heteroatoms. The van der Waals surface area contributed by atoms with Gasteiger partial charge in [-0.05, 0) is 73.3 Å². The Hall–Kier alpha value is -3.46. The second-order valence-corrected chi connectivity index (χ2v) is 10.8. The average Bonchev–Trinajstić information content (AvgIpc) is 3.39. The van der Waals surface area contributed by atoms with E-state index in [1.165, 1.54) is 4.68 Å². The lowest BCUT2D eigenvalue weighted by molar-refractivity contribution is -0.124. The highest BCUT2D eigenvalue weighted by Crippen LogP contribution is 2.45. The number of carbonyl (C=O) groups is 3. The number of rotatable bonds is 4. The van der Waals surface area contributed by atoms with Gasteiger partial charge in [-0.1, -0.05) is 19.9 Å². The van der Waals surface area contributed by atoms with Crippen molar-refractivity contribution in [3.8, 4) is 0 Å². The van der Waals surface area contributed by atoms with Crippen molar-refractivity contribution in [2.45, 2.75) is 57.8 Å². The number of nitrogens with zero attached hydrogens (tertiary/aromatic N) is 2. The quantitative estimate of drug-likeness (QED) is 0.565. The normalized spacial score (nSPS) is 20.0. The van der Waals surface area contributed by atoms with Crippen LogP contribution in [0.25, 0.3) is 0 Å². The maximum absolute atomic E-state index is 13.5. The van der Waals surface area contributed by atoms with E-state index in [-0.39, 0.29) is 23.1 Å². The van der Waals surface area contributed by atoms with Gasteiger partial charge in [-0.15, -0.1) is 0 Å². The number of carbonyl (C=O) groups excluding carboxylic acids is 3. The van der Waals surface area contributed by atoms with Crippen molar-refractivity contribution in [3.63, 3.8) is 0 Å². The average molecular weight is 492 g/mol. The number of aromatic nitrogens is 2. The third-order valence-electron chi connectivity index (χ3n) is 7.90. The van der Waals surface area contributed by atoms with E-state index < -0.39 is 5.41 Å². The fraction of sp³-hybridized carbons (Fsp3) is 0.481. The van der Waals surface area contributed by atoms with Crippen molar-refractivity contribution in [2.24, 2.45) is 12.5 Å². The minimum atomic E-state index is -0.560. The van der Waals surface area contributed by atoms with Gasteiger partial charge >= 0.3 is 0 Å². The smallest absolute Gasteiger partial charge is 0.274 e. The largest absolute Gasteiger partial charge is 0.381 e. The van der Waals surface area contributed by atoms with E-state index in [0.29, 0.717) is 48.8 Å². The van der Waals surface area contributed by atoms with E-state index in [2.05, 4.69) is 34.9 Å². The summed E-state index contributed by atoms with van der Waals surface area (Å²) in [5.41, 5.74) is 3.48. The number of benzene rings is 1. The minimum absolute atomic E-state index is 0.0136. The summed E-state index contributed by atoms with van der Waals surface area (Å²) < 4.78 is 6.96. The van der Waals surface area contributed by atoms with Gasteiger partial charge in [0.05, 0.1) is 5.41 Å². The predicted octanol–water partition coefficient (Wildman–Crippen LogP) is 3.64. The maximum Gasteiger partial charge on any atom is 0.274 e. The zero-order valence-electron chi connectivity index (χ0n) is 21.1. The molecule has 1 saturated carbocycles. The van der Waals surface area contributed by atoms with Crippen molar-refractivity contribution >= 4 is 29.1 Å². The van der Waals surface area contributed by atoms with E-state index in [1.54, 1.807) is 25.4 Å². The summed E-state index contributed by atoms with van der Waals surface area (Å²) in [7, 11) is 1.69. The third-order valence-corrected chi connectivity index (χ3v) is 7.90. The molecular formula is C27H33N5O4. The lowest BCUT2D eigenvalue weighted by Gasteiger charge is -2.32. The predicted molar refractivity (Wildman–Crippen MR) is 135 cm³/mol. The molecule has 0 bridgehead atoms. The molecule has 36 heavy (non-hydrogen) atoms. The van der Waals surface area contributed by atoms with Gasteiger partial charge in [0.2, 0.25) is 5.91 Å². The molecule has 3 amide bonds. The van der Waals surface area contributed by atoms with Gasteiger partial charge in [0.1, 0.15) is 11.4 Å². The molecule has 2 aliphatic heterocycles. The number of anilines is 2. The van der Waals surface area contributed by atoms with Crippen molar-refractivity contribution in [1.82, 2.24) is 15.1 Å². The number of aryl methyl sites for hydroxylation is 1. The number of nitrogens with one attached hydrogen (secondary N) is 3. The highest BCUT2D eigenvalue weighted by Gasteiger charge is 2.47. The molecule has 3 aliphatic rings. The van der Waals surface area contributed by atoms with Crippen LogP contribution in [0, 0.1) is 5.41 Å². The van der Waals surface area contributed by atoms with Crippen LogP contribution in [0.4, 0.5) is 11.4 Å². The Morgan fingerprint density at radius 3 is 2.47 bits per heavy atom. The second kappa shape index (κ2) is 9.20. The van der Waals surface area contributed by atoms with Gasteiger partial charge in [-0.3, -0.25) is 19.1 Å². The number of hydrogen-bond donors (Lipinski definition) is 3. The summed E-state index contributed by atoms with van der Waals surface area (Å²) >= 11 is 0. The molecule has 2 aromatic rings. The molecule has 190 valence electrons. The molecule has 0 unspecified atom stereocenters. The first kappa shape index (κ1) is 24.2. The van der Waals surface area contributed by atoms with E-state index in [9.17, 15) is 14.4 Å². The zero-order chi connectivity index (χ0) is 25.5. The Morgan fingerprint density at radius 1 is 1.08 bits per heavy atom. The summed E-state index contributed by atoms with van der Waals surface area (Å²) in [5, 5.41) is 12.9. The first-order chi connectivity index (χ1) is 17.2. The number of amides is 3. The van der Waals surface area contributed by atoms with Crippen LogP contribution in [0.15, 0.2) is 41.7 Å². The summed E-state index contributed by atoms with van der Waals surface area (Å²) in [4.78, 5) is 39.3. The van der Waals surface area contributed by atoms with Gasteiger partial charge in [-0.25, -0.2) is 0 Å². The van der Waals surface area contributed by atoms with Crippen LogP contribution in [0.1, 0.15) is 68.4 Å². The van der Waals surface area contributed by atoms with Crippen LogP contribution in [-0.2, 0) is 26.8 Å². The first-order valence-electron chi connectivity index (χ1n) is 12.6. The number of allylic oxidation sites excluding steroid dienone is 1. The molecule has 3 N–H and O–H groups in total. The lowest BCUT2D eigenvalue weighted by atomic mass is 9.75. The van der Waals surface area contributed by atoms with Crippen LogP contribution < -0.4 is 16.0 Å². The molecule has 3 heterocycles.